The molecule has 4 rings (SSSR count). The molecule has 0 saturated carbocycles. The van der Waals surface area contributed by atoms with E-state index in [0.717, 1.165) is 12.8 Å². The van der Waals surface area contributed by atoms with Crippen molar-refractivity contribution < 1.29 is 0 Å². The van der Waals surface area contributed by atoms with Crippen LogP contribution in [0.2, 0.25) is 0 Å². The highest BCUT2D eigenvalue weighted by atomic mass is 14.2. The van der Waals surface area contributed by atoms with Gasteiger partial charge in [0.2, 0.25) is 0 Å². The van der Waals surface area contributed by atoms with Crippen LogP contribution in [-0.2, 0) is 6.42 Å². The van der Waals surface area contributed by atoms with E-state index in [2.05, 4.69) is 73.3 Å². The fraction of sp³-hybridized carbons (Fsp3) is 0.0909. The normalized spacial score (nSPS) is 14.0. The smallest absolute Gasteiger partial charge is 0.0108 e. The van der Waals surface area contributed by atoms with E-state index >= 15 is 0 Å². The summed E-state index contributed by atoms with van der Waals surface area (Å²) >= 11 is 0. The second kappa shape index (κ2) is 5.31. The highest BCUT2D eigenvalue weighted by molar-refractivity contribution is 6.04. The number of hydrogen-bond acceptors (Lipinski definition) is 0. The number of aryl methyl sites for hydroxylation is 1. The summed E-state index contributed by atoms with van der Waals surface area (Å²) in [4.78, 5) is 0. The summed E-state index contributed by atoms with van der Waals surface area (Å²) < 4.78 is 0. The number of benzene rings is 3. The van der Waals surface area contributed by atoms with Crippen LogP contribution in [0, 0.1) is 0 Å². The third-order valence-electron chi connectivity index (χ3n) is 4.60. The average Bonchev–Trinajstić information content (AvgIpc) is 2.60. The van der Waals surface area contributed by atoms with E-state index in [-0.39, 0.29) is 0 Å². The Balaban J connectivity index is 2.02. The summed E-state index contributed by atoms with van der Waals surface area (Å²) in [5, 5.41) is 2.63. The largest absolute Gasteiger partial charge is 0.0984 e. The minimum Gasteiger partial charge on any atom is -0.0984 e. The lowest BCUT2D eigenvalue weighted by Crippen LogP contribution is -2.03. The van der Waals surface area contributed by atoms with Crippen molar-refractivity contribution in [2.24, 2.45) is 0 Å². The highest BCUT2D eigenvalue weighted by Gasteiger charge is 2.18. The molecule has 0 heterocycles. The summed E-state index contributed by atoms with van der Waals surface area (Å²) in [5.74, 6) is 0. The van der Waals surface area contributed by atoms with Crippen molar-refractivity contribution in [3.05, 3.63) is 96.1 Å². The van der Waals surface area contributed by atoms with E-state index in [4.69, 9.17) is 0 Å². The molecular weight excluding hydrogens is 264 g/mol. The Bertz CT molecular complexity index is 891. The zero-order valence-corrected chi connectivity index (χ0v) is 12.5. The van der Waals surface area contributed by atoms with E-state index in [0.29, 0.717) is 0 Å². The molecular formula is C22H18. The molecule has 0 amide bonds. The molecule has 0 radical (unpaired) electrons. The molecule has 0 aromatic heterocycles. The van der Waals surface area contributed by atoms with Crippen molar-refractivity contribution in [2.75, 3.05) is 0 Å². The first-order valence-corrected chi connectivity index (χ1v) is 7.80. The van der Waals surface area contributed by atoms with E-state index in [1.165, 1.54) is 38.6 Å². The van der Waals surface area contributed by atoms with Crippen molar-refractivity contribution in [3.63, 3.8) is 0 Å². The minimum absolute atomic E-state index is 1.08. The maximum absolute atomic E-state index is 4.08. The molecule has 1 aliphatic rings. The first-order chi connectivity index (χ1) is 10.9. The lowest BCUT2D eigenvalue weighted by molar-refractivity contribution is 0.997. The van der Waals surface area contributed by atoms with Gasteiger partial charge in [-0.2, -0.15) is 0 Å². The fourth-order valence-electron chi connectivity index (χ4n) is 3.56. The van der Waals surface area contributed by atoms with Crippen LogP contribution in [0.25, 0.3) is 21.9 Å². The minimum atomic E-state index is 1.08. The van der Waals surface area contributed by atoms with Gasteiger partial charge in [0.05, 0.1) is 0 Å². The van der Waals surface area contributed by atoms with Crippen molar-refractivity contribution in [2.45, 2.75) is 12.8 Å². The number of fused-ring (bicyclic) bond motifs is 2. The first kappa shape index (κ1) is 13.1. The topological polar surface area (TPSA) is 0 Å². The van der Waals surface area contributed by atoms with Gasteiger partial charge >= 0.3 is 0 Å². The van der Waals surface area contributed by atoms with Crippen molar-refractivity contribution in [3.8, 4) is 0 Å². The standard InChI is InChI=1S/C22H18/c1-2-18-19-11-5-4-9-17(19)14-15-22(18)21-13-7-10-16-8-3-6-12-20(16)21/h2-13H,1,14-15H2. The molecule has 0 bridgehead atoms. The van der Waals surface area contributed by atoms with Gasteiger partial charge in [-0.25, -0.2) is 0 Å². The van der Waals surface area contributed by atoms with Gasteiger partial charge in [-0.1, -0.05) is 79.4 Å². The summed E-state index contributed by atoms with van der Waals surface area (Å²) in [6.07, 6.45) is 4.20. The number of hydrogen-bond donors (Lipinski definition) is 0. The van der Waals surface area contributed by atoms with Gasteiger partial charge in [0.1, 0.15) is 0 Å². The summed E-state index contributed by atoms with van der Waals surface area (Å²) in [6.45, 7) is 4.08. The Morgan fingerprint density at radius 2 is 1.45 bits per heavy atom. The van der Waals surface area contributed by atoms with Gasteiger partial charge in [-0.05, 0) is 51.5 Å². The molecule has 0 spiro atoms. The predicted octanol–water partition coefficient (Wildman–Crippen LogP) is 5.88. The third-order valence-corrected chi connectivity index (χ3v) is 4.60. The molecule has 22 heavy (non-hydrogen) atoms. The SMILES string of the molecule is C=CC1=C(c2cccc3ccccc23)CCc2ccccc21. The third kappa shape index (κ3) is 2.00. The molecule has 1 aliphatic carbocycles. The molecule has 0 saturated heterocycles. The van der Waals surface area contributed by atoms with Gasteiger partial charge in [0.25, 0.3) is 0 Å². The van der Waals surface area contributed by atoms with Gasteiger partial charge in [-0.3, -0.25) is 0 Å². The van der Waals surface area contributed by atoms with E-state index in [1.807, 2.05) is 6.08 Å². The molecule has 3 aromatic rings. The zero-order chi connectivity index (χ0) is 14.9. The first-order valence-electron chi connectivity index (χ1n) is 7.80. The van der Waals surface area contributed by atoms with Crippen LogP contribution < -0.4 is 0 Å². The molecule has 0 N–H and O–H groups in total. The molecule has 106 valence electrons. The molecule has 0 heteroatoms. The van der Waals surface area contributed by atoms with Gasteiger partial charge in [-0.15, -0.1) is 0 Å². The summed E-state index contributed by atoms with van der Waals surface area (Å²) in [6, 6.07) is 23.9. The second-order valence-corrected chi connectivity index (χ2v) is 5.78. The van der Waals surface area contributed by atoms with Gasteiger partial charge < -0.3 is 0 Å². The Labute approximate surface area is 131 Å². The average molecular weight is 282 g/mol. The Kier molecular flexibility index (Phi) is 3.16. The van der Waals surface area contributed by atoms with Crippen molar-refractivity contribution in [1.82, 2.24) is 0 Å². The summed E-state index contributed by atoms with van der Waals surface area (Å²) in [5.41, 5.74) is 6.83. The monoisotopic (exact) mass is 282 g/mol. The van der Waals surface area contributed by atoms with E-state index in [9.17, 15) is 0 Å². The number of allylic oxidation sites excluding steroid dienone is 3. The Morgan fingerprint density at radius 1 is 0.727 bits per heavy atom. The van der Waals surface area contributed by atoms with Crippen molar-refractivity contribution in [1.29, 1.82) is 0 Å². The maximum Gasteiger partial charge on any atom is -0.0108 e. The quantitative estimate of drug-likeness (QED) is 0.550. The molecule has 0 unspecified atom stereocenters. The molecule has 3 aromatic carbocycles. The maximum atomic E-state index is 4.08. The van der Waals surface area contributed by atoms with Crippen LogP contribution in [0.3, 0.4) is 0 Å². The van der Waals surface area contributed by atoms with Crippen LogP contribution in [-0.4, -0.2) is 0 Å². The van der Waals surface area contributed by atoms with Crippen LogP contribution >= 0.6 is 0 Å². The molecule has 0 atom stereocenters. The van der Waals surface area contributed by atoms with Crippen LogP contribution in [0.4, 0.5) is 0 Å². The van der Waals surface area contributed by atoms with Crippen LogP contribution in [0.1, 0.15) is 23.1 Å². The molecule has 0 nitrogen and oxygen atoms in total. The van der Waals surface area contributed by atoms with E-state index in [1.54, 1.807) is 0 Å². The Morgan fingerprint density at radius 3 is 2.36 bits per heavy atom. The van der Waals surface area contributed by atoms with Crippen LogP contribution in [0.5, 0.6) is 0 Å². The van der Waals surface area contributed by atoms with Crippen LogP contribution in [0.15, 0.2) is 79.4 Å². The second-order valence-electron chi connectivity index (χ2n) is 5.78. The highest BCUT2D eigenvalue weighted by Crippen LogP contribution is 2.39. The molecule has 0 fully saturated rings. The van der Waals surface area contributed by atoms with Gasteiger partial charge in [0, 0.05) is 0 Å². The van der Waals surface area contributed by atoms with E-state index < -0.39 is 0 Å². The lowest BCUT2D eigenvalue weighted by Gasteiger charge is -2.23. The summed E-state index contributed by atoms with van der Waals surface area (Å²) in [7, 11) is 0. The van der Waals surface area contributed by atoms with Crippen molar-refractivity contribution >= 4 is 21.9 Å². The predicted molar refractivity (Wildman–Crippen MR) is 95.7 cm³/mol. The Hall–Kier alpha value is -2.60. The zero-order valence-electron chi connectivity index (χ0n) is 12.5. The number of rotatable bonds is 2. The fourth-order valence-corrected chi connectivity index (χ4v) is 3.56. The lowest BCUT2D eigenvalue weighted by atomic mass is 9.81. The molecule has 0 aliphatic heterocycles. The van der Waals surface area contributed by atoms with Gasteiger partial charge in [0.15, 0.2) is 0 Å².